The van der Waals surface area contributed by atoms with Gasteiger partial charge < -0.3 is 10.6 Å². The van der Waals surface area contributed by atoms with Crippen LogP contribution in [0.5, 0.6) is 0 Å². The maximum atomic E-state index is 12.2. The average Bonchev–Trinajstić information content (AvgIpc) is 3.13. The number of anilines is 3. The Labute approximate surface area is 174 Å². The van der Waals surface area contributed by atoms with Crippen molar-refractivity contribution < 1.29 is 4.79 Å². The molecule has 1 amide bonds. The van der Waals surface area contributed by atoms with E-state index in [-0.39, 0.29) is 5.91 Å². The lowest BCUT2D eigenvalue weighted by Gasteiger charge is -2.06. The Kier molecular flexibility index (Phi) is 7.45. The molecule has 1 aromatic heterocycles. The number of thioether (sulfide) groups is 1. The zero-order valence-corrected chi connectivity index (χ0v) is 17.7. The predicted molar refractivity (Wildman–Crippen MR) is 119 cm³/mol. The van der Waals surface area contributed by atoms with Crippen LogP contribution in [0.3, 0.4) is 0 Å². The normalized spacial score (nSPS) is 10.6. The summed E-state index contributed by atoms with van der Waals surface area (Å²) in [6, 6.07) is 16.2. The number of aromatic nitrogens is 2. The fourth-order valence-electron chi connectivity index (χ4n) is 2.62. The molecule has 2 aromatic carbocycles. The summed E-state index contributed by atoms with van der Waals surface area (Å²) < 4.78 is 0.764. The Balaban J connectivity index is 1.46. The van der Waals surface area contributed by atoms with Crippen LogP contribution in [0.15, 0.2) is 52.9 Å². The van der Waals surface area contributed by atoms with E-state index < -0.39 is 0 Å². The van der Waals surface area contributed by atoms with Crippen molar-refractivity contribution in [2.75, 3.05) is 16.4 Å². The molecule has 0 saturated carbocycles. The van der Waals surface area contributed by atoms with E-state index in [0.29, 0.717) is 5.75 Å². The molecule has 0 saturated heterocycles. The smallest absolute Gasteiger partial charge is 0.234 e. The number of carbonyl (C=O) groups excluding carboxylic acids is 1. The first-order chi connectivity index (χ1) is 13.6. The van der Waals surface area contributed by atoms with Crippen molar-refractivity contribution in [1.82, 2.24) is 10.2 Å². The number of unbranched alkanes of at least 4 members (excludes halogenated alkanes) is 1. The maximum Gasteiger partial charge on any atom is 0.234 e. The molecular weight excluding hydrogens is 388 g/mol. The summed E-state index contributed by atoms with van der Waals surface area (Å²) in [7, 11) is 0. The topological polar surface area (TPSA) is 66.9 Å². The van der Waals surface area contributed by atoms with Gasteiger partial charge in [0.2, 0.25) is 11.0 Å². The molecule has 0 radical (unpaired) electrons. The second-order valence-electron chi connectivity index (χ2n) is 6.50. The van der Waals surface area contributed by atoms with Crippen LogP contribution < -0.4 is 10.6 Å². The average molecular weight is 413 g/mol. The molecule has 28 heavy (non-hydrogen) atoms. The van der Waals surface area contributed by atoms with E-state index in [0.717, 1.165) is 27.3 Å². The summed E-state index contributed by atoms with van der Waals surface area (Å²) in [4.78, 5) is 12.2. The molecular formula is C21H24N4OS2. The van der Waals surface area contributed by atoms with Gasteiger partial charge in [0.05, 0.1) is 5.75 Å². The largest absolute Gasteiger partial charge is 0.330 e. The van der Waals surface area contributed by atoms with Gasteiger partial charge >= 0.3 is 0 Å². The number of hydrogen-bond acceptors (Lipinski definition) is 6. The molecule has 0 aliphatic heterocycles. The lowest BCUT2D eigenvalue weighted by atomic mass is 10.1. The fraction of sp³-hybridized carbons (Fsp3) is 0.286. The van der Waals surface area contributed by atoms with Crippen LogP contribution in [0, 0.1) is 6.92 Å². The number of benzene rings is 2. The Morgan fingerprint density at radius 2 is 1.93 bits per heavy atom. The van der Waals surface area contributed by atoms with Crippen molar-refractivity contribution in [2.24, 2.45) is 0 Å². The highest BCUT2D eigenvalue weighted by Gasteiger charge is 2.09. The van der Waals surface area contributed by atoms with Crippen LogP contribution in [0.25, 0.3) is 0 Å². The van der Waals surface area contributed by atoms with E-state index in [1.54, 1.807) is 0 Å². The van der Waals surface area contributed by atoms with Gasteiger partial charge in [-0.1, -0.05) is 60.7 Å². The number of nitrogens with one attached hydrogen (secondary N) is 2. The second kappa shape index (κ2) is 10.2. The van der Waals surface area contributed by atoms with Crippen molar-refractivity contribution in [3.05, 3.63) is 59.7 Å². The van der Waals surface area contributed by atoms with E-state index in [2.05, 4.69) is 46.0 Å². The van der Waals surface area contributed by atoms with E-state index >= 15 is 0 Å². The third-order valence-electron chi connectivity index (χ3n) is 4.06. The van der Waals surface area contributed by atoms with Gasteiger partial charge in [0.25, 0.3) is 0 Å². The molecule has 5 nitrogen and oxygen atoms in total. The first-order valence-corrected chi connectivity index (χ1v) is 11.1. The van der Waals surface area contributed by atoms with Crippen molar-refractivity contribution in [1.29, 1.82) is 0 Å². The number of hydrogen-bond donors (Lipinski definition) is 2. The van der Waals surface area contributed by atoms with Crippen LogP contribution in [-0.4, -0.2) is 21.9 Å². The molecule has 7 heteroatoms. The second-order valence-corrected chi connectivity index (χ2v) is 8.70. The zero-order valence-electron chi connectivity index (χ0n) is 16.1. The van der Waals surface area contributed by atoms with E-state index in [4.69, 9.17) is 0 Å². The van der Waals surface area contributed by atoms with E-state index in [1.807, 2.05) is 37.3 Å². The molecule has 3 aromatic rings. The van der Waals surface area contributed by atoms with Crippen molar-refractivity contribution in [2.45, 2.75) is 37.4 Å². The summed E-state index contributed by atoms with van der Waals surface area (Å²) in [5, 5.41) is 15.2. The molecule has 0 aliphatic rings. The van der Waals surface area contributed by atoms with Crippen LogP contribution >= 0.6 is 23.1 Å². The summed E-state index contributed by atoms with van der Waals surface area (Å²) in [6.07, 6.45) is 3.45. The minimum absolute atomic E-state index is 0.0466. The number of nitrogens with zero attached hydrogens (tertiary/aromatic N) is 2. The molecule has 0 spiro atoms. The molecule has 0 fully saturated rings. The van der Waals surface area contributed by atoms with Gasteiger partial charge in [-0.25, -0.2) is 0 Å². The number of rotatable bonds is 9. The fourth-order valence-corrected chi connectivity index (χ4v) is 4.20. The Morgan fingerprint density at radius 3 is 2.68 bits per heavy atom. The summed E-state index contributed by atoms with van der Waals surface area (Å²) >= 11 is 2.83. The molecule has 0 aliphatic carbocycles. The van der Waals surface area contributed by atoms with Crippen molar-refractivity contribution in [3.8, 4) is 0 Å². The SMILES string of the molecule is CCCCc1ccc(NC(=O)CSc2nnc(Nc3cccc(C)c3)s2)cc1. The number of amides is 1. The minimum atomic E-state index is -0.0466. The van der Waals surface area contributed by atoms with Gasteiger partial charge in [-0.05, 0) is 55.2 Å². The molecule has 146 valence electrons. The quantitative estimate of drug-likeness (QED) is 0.444. The van der Waals surface area contributed by atoms with E-state index in [9.17, 15) is 4.79 Å². The third kappa shape index (κ3) is 6.35. The third-order valence-corrected chi connectivity index (χ3v) is 6.03. The molecule has 2 N–H and O–H groups in total. The molecule has 3 rings (SSSR count). The van der Waals surface area contributed by atoms with Gasteiger partial charge in [-0.3, -0.25) is 4.79 Å². The minimum Gasteiger partial charge on any atom is -0.330 e. The lowest BCUT2D eigenvalue weighted by molar-refractivity contribution is -0.113. The first kappa shape index (κ1) is 20.4. The molecule has 1 heterocycles. The highest BCUT2D eigenvalue weighted by Crippen LogP contribution is 2.28. The van der Waals surface area contributed by atoms with Crippen LogP contribution in [0.4, 0.5) is 16.5 Å². The first-order valence-electron chi connectivity index (χ1n) is 9.31. The van der Waals surface area contributed by atoms with Gasteiger partial charge in [0, 0.05) is 11.4 Å². The van der Waals surface area contributed by atoms with Crippen LogP contribution in [-0.2, 0) is 11.2 Å². The van der Waals surface area contributed by atoms with Gasteiger partial charge in [0.15, 0.2) is 4.34 Å². The highest BCUT2D eigenvalue weighted by atomic mass is 32.2. The lowest BCUT2D eigenvalue weighted by Crippen LogP contribution is -2.13. The van der Waals surface area contributed by atoms with Gasteiger partial charge in [-0.2, -0.15) is 0 Å². The van der Waals surface area contributed by atoms with Crippen molar-refractivity contribution in [3.63, 3.8) is 0 Å². The summed E-state index contributed by atoms with van der Waals surface area (Å²) in [6.45, 7) is 4.23. The van der Waals surface area contributed by atoms with E-state index in [1.165, 1.54) is 47.1 Å². The zero-order chi connectivity index (χ0) is 19.8. The monoisotopic (exact) mass is 412 g/mol. The Hall–Kier alpha value is -2.38. The predicted octanol–water partition coefficient (Wildman–Crippen LogP) is 5.66. The number of carbonyl (C=O) groups is 1. The van der Waals surface area contributed by atoms with Crippen molar-refractivity contribution >= 4 is 45.5 Å². The highest BCUT2D eigenvalue weighted by molar-refractivity contribution is 8.01. The summed E-state index contributed by atoms with van der Waals surface area (Å²) in [5.41, 5.74) is 4.29. The Bertz CT molecular complexity index is 909. The van der Waals surface area contributed by atoms with Gasteiger partial charge in [0.1, 0.15) is 0 Å². The molecule has 0 bridgehead atoms. The standard InChI is InChI=1S/C21H24N4OS2/c1-3-4-7-16-9-11-17(12-10-16)22-19(26)14-27-21-25-24-20(28-21)23-18-8-5-6-15(2)13-18/h5-6,8-13H,3-4,7,14H2,1-2H3,(H,22,26)(H,23,24). The van der Waals surface area contributed by atoms with Crippen LogP contribution in [0.2, 0.25) is 0 Å². The maximum absolute atomic E-state index is 12.2. The summed E-state index contributed by atoms with van der Waals surface area (Å²) in [5.74, 6) is 0.256. The number of aryl methyl sites for hydroxylation is 2. The van der Waals surface area contributed by atoms with Crippen LogP contribution in [0.1, 0.15) is 30.9 Å². The molecule has 0 atom stereocenters. The van der Waals surface area contributed by atoms with Gasteiger partial charge in [-0.15, -0.1) is 10.2 Å². The molecule has 0 unspecified atom stereocenters. The Morgan fingerprint density at radius 1 is 1.11 bits per heavy atom.